The first-order chi connectivity index (χ1) is 8.02. The minimum Gasteiger partial charge on any atom is -0.393 e. The largest absolute Gasteiger partial charge is 0.393 e. The first kappa shape index (κ1) is 13.7. The molecule has 17 heavy (non-hydrogen) atoms. The number of rotatable bonds is 6. The third kappa shape index (κ3) is 4.56. The van der Waals surface area contributed by atoms with Gasteiger partial charge in [-0.3, -0.25) is 0 Å². The Morgan fingerprint density at radius 1 is 1.47 bits per heavy atom. The van der Waals surface area contributed by atoms with E-state index in [1.807, 2.05) is 31.9 Å². The first-order valence-corrected chi connectivity index (χ1v) is 6.01. The fourth-order valence-electron chi connectivity index (χ4n) is 1.51. The monoisotopic (exact) mass is 238 g/mol. The normalized spacial score (nSPS) is 12.3. The Morgan fingerprint density at radius 3 is 2.76 bits per heavy atom. The molecule has 1 rings (SSSR count). The molecule has 5 heteroatoms. The first-order valence-electron chi connectivity index (χ1n) is 6.01. The van der Waals surface area contributed by atoms with E-state index in [4.69, 9.17) is 0 Å². The zero-order chi connectivity index (χ0) is 12.8. The quantitative estimate of drug-likeness (QED) is 0.785. The number of anilines is 2. The van der Waals surface area contributed by atoms with Crippen LogP contribution in [0.3, 0.4) is 0 Å². The molecule has 0 spiro atoms. The van der Waals surface area contributed by atoms with Gasteiger partial charge in [0.25, 0.3) is 0 Å². The topological polar surface area (TPSA) is 61.3 Å². The van der Waals surface area contributed by atoms with E-state index in [0.717, 1.165) is 37.0 Å². The summed E-state index contributed by atoms with van der Waals surface area (Å²) in [6.07, 6.45) is 0.449. The molecule has 0 aliphatic carbocycles. The molecule has 0 radical (unpaired) electrons. The third-order valence-corrected chi connectivity index (χ3v) is 2.46. The van der Waals surface area contributed by atoms with Gasteiger partial charge in [-0.15, -0.1) is 0 Å². The highest BCUT2D eigenvalue weighted by molar-refractivity contribution is 5.48. The molecular weight excluding hydrogens is 216 g/mol. The molecule has 0 aliphatic rings. The van der Waals surface area contributed by atoms with Crippen molar-refractivity contribution < 1.29 is 5.11 Å². The van der Waals surface area contributed by atoms with Crippen LogP contribution in [0.1, 0.15) is 26.1 Å². The molecule has 1 unspecified atom stereocenters. The summed E-state index contributed by atoms with van der Waals surface area (Å²) in [6.45, 7) is 7.33. The van der Waals surface area contributed by atoms with Gasteiger partial charge in [0, 0.05) is 26.2 Å². The highest BCUT2D eigenvalue weighted by Gasteiger charge is 2.07. The highest BCUT2D eigenvalue weighted by Crippen LogP contribution is 2.15. The zero-order valence-electron chi connectivity index (χ0n) is 11.1. The molecule has 0 aromatic carbocycles. The van der Waals surface area contributed by atoms with Crippen LogP contribution in [-0.2, 0) is 0 Å². The van der Waals surface area contributed by atoms with Crippen LogP contribution in [0.4, 0.5) is 11.6 Å². The van der Waals surface area contributed by atoms with Crippen LogP contribution in [0, 0.1) is 6.92 Å². The van der Waals surface area contributed by atoms with Gasteiger partial charge < -0.3 is 15.3 Å². The maximum absolute atomic E-state index is 9.27. The molecular formula is C12H22N4O. The summed E-state index contributed by atoms with van der Waals surface area (Å²) in [6, 6.07) is 1.93. The molecule has 0 fully saturated rings. The molecule has 1 aromatic rings. The van der Waals surface area contributed by atoms with E-state index >= 15 is 0 Å². The molecule has 1 aromatic heterocycles. The van der Waals surface area contributed by atoms with Crippen molar-refractivity contribution in [2.45, 2.75) is 33.3 Å². The number of hydrogen-bond donors (Lipinski definition) is 2. The van der Waals surface area contributed by atoms with Crippen molar-refractivity contribution in [2.75, 3.05) is 30.4 Å². The van der Waals surface area contributed by atoms with Crippen molar-refractivity contribution in [1.82, 2.24) is 9.97 Å². The lowest BCUT2D eigenvalue weighted by molar-refractivity contribution is 0.187. The molecule has 0 amide bonds. The second kappa shape index (κ2) is 6.39. The van der Waals surface area contributed by atoms with Crippen molar-refractivity contribution in [2.24, 2.45) is 0 Å². The molecule has 96 valence electrons. The molecule has 0 bridgehead atoms. The van der Waals surface area contributed by atoms with E-state index < -0.39 is 0 Å². The Bertz CT molecular complexity index is 354. The maximum atomic E-state index is 9.27. The van der Waals surface area contributed by atoms with E-state index in [1.165, 1.54) is 0 Å². The number of hydrogen-bond acceptors (Lipinski definition) is 5. The van der Waals surface area contributed by atoms with Crippen LogP contribution in [0.5, 0.6) is 0 Å². The summed E-state index contributed by atoms with van der Waals surface area (Å²) >= 11 is 0. The summed E-state index contributed by atoms with van der Waals surface area (Å²) in [7, 11) is 1.97. The number of aliphatic hydroxyl groups excluding tert-OH is 1. The Morgan fingerprint density at radius 2 is 2.18 bits per heavy atom. The molecule has 2 N–H and O–H groups in total. The van der Waals surface area contributed by atoms with Crippen LogP contribution in [0.15, 0.2) is 6.07 Å². The van der Waals surface area contributed by atoms with Gasteiger partial charge in [-0.05, 0) is 27.2 Å². The molecule has 0 saturated carbocycles. The Balaban J connectivity index is 2.74. The highest BCUT2D eigenvalue weighted by atomic mass is 16.3. The average molecular weight is 238 g/mol. The van der Waals surface area contributed by atoms with Gasteiger partial charge in [-0.25, -0.2) is 9.97 Å². The number of aliphatic hydroxyl groups is 1. The van der Waals surface area contributed by atoms with E-state index in [0.29, 0.717) is 0 Å². The van der Waals surface area contributed by atoms with Crippen molar-refractivity contribution in [1.29, 1.82) is 0 Å². The van der Waals surface area contributed by atoms with E-state index in [9.17, 15) is 5.11 Å². The summed E-state index contributed by atoms with van der Waals surface area (Å²) in [4.78, 5) is 10.7. The van der Waals surface area contributed by atoms with Crippen LogP contribution >= 0.6 is 0 Å². The van der Waals surface area contributed by atoms with Gasteiger partial charge >= 0.3 is 0 Å². The van der Waals surface area contributed by atoms with Gasteiger partial charge in [-0.2, -0.15) is 0 Å². The van der Waals surface area contributed by atoms with E-state index in [-0.39, 0.29) is 6.10 Å². The smallest absolute Gasteiger partial charge is 0.134 e. The van der Waals surface area contributed by atoms with Crippen LogP contribution in [0.2, 0.25) is 0 Å². The summed E-state index contributed by atoms with van der Waals surface area (Å²) < 4.78 is 0. The fourth-order valence-corrected chi connectivity index (χ4v) is 1.51. The average Bonchev–Trinajstić information content (AvgIpc) is 2.25. The van der Waals surface area contributed by atoms with Gasteiger partial charge in [0.2, 0.25) is 0 Å². The van der Waals surface area contributed by atoms with Crippen LogP contribution < -0.4 is 10.2 Å². The number of aryl methyl sites for hydroxylation is 1. The minimum atomic E-state index is -0.284. The Hall–Kier alpha value is -1.36. The number of nitrogens with one attached hydrogen (secondary N) is 1. The van der Waals surface area contributed by atoms with E-state index in [1.54, 1.807) is 6.92 Å². The SMILES string of the molecule is CCNc1cc(N(C)CCC(C)O)nc(C)n1. The fraction of sp³-hybridized carbons (Fsp3) is 0.667. The van der Waals surface area contributed by atoms with Crippen LogP contribution in [0.25, 0.3) is 0 Å². The van der Waals surface area contributed by atoms with Gasteiger partial charge in [-0.1, -0.05) is 0 Å². The van der Waals surface area contributed by atoms with Crippen molar-refractivity contribution in [3.63, 3.8) is 0 Å². The van der Waals surface area contributed by atoms with E-state index in [2.05, 4.69) is 15.3 Å². The van der Waals surface area contributed by atoms with Gasteiger partial charge in [0.15, 0.2) is 0 Å². The summed E-state index contributed by atoms with van der Waals surface area (Å²) in [5, 5.41) is 12.5. The van der Waals surface area contributed by atoms with Crippen molar-refractivity contribution in [3.8, 4) is 0 Å². The van der Waals surface area contributed by atoms with Crippen LogP contribution in [-0.4, -0.2) is 41.3 Å². The third-order valence-electron chi connectivity index (χ3n) is 2.46. The predicted octanol–water partition coefficient (Wildman–Crippen LogP) is 1.42. The minimum absolute atomic E-state index is 0.284. The lowest BCUT2D eigenvalue weighted by Gasteiger charge is -2.20. The molecule has 0 saturated heterocycles. The molecule has 0 aliphatic heterocycles. The number of nitrogens with zero attached hydrogens (tertiary/aromatic N) is 3. The standard InChI is InChI=1S/C12H22N4O/c1-5-13-11-8-12(15-10(3)14-11)16(4)7-6-9(2)17/h8-9,17H,5-7H2,1-4H3,(H,13,14,15). The Labute approximate surface area is 103 Å². The number of aromatic nitrogens is 2. The lowest BCUT2D eigenvalue weighted by Crippen LogP contribution is -2.23. The van der Waals surface area contributed by atoms with Crippen molar-refractivity contribution in [3.05, 3.63) is 11.9 Å². The molecule has 1 atom stereocenters. The second-order valence-corrected chi connectivity index (χ2v) is 4.25. The Kier molecular flexibility index (Phi) is 5.15. The van der Waals surface area contributed by atoms with Crippen molar-refractivity contribution >= 4 is 11.6 Å². The summed E-state index contributed by atoms with van der Waals surface area (Å²) in [5.41, 5.74) is 0. The second-order valence-electron chi connectivity index (χ2n) is 4.25. The van der Waals surface area contributed by atoms with Gasteiger partial charge in [0.1, 0.15) is 17.5 Å². The summed E-state index contributed by atoms with van der Waals surface area (Å²) in [5.74, 6) is 2.48. The lowest BCUT2D eigenvalue weighted by atomic mass is 10.3. The maximum Gasteiger partial charge on any atom is 0.134 e. The molecule has 1 heterocycles. The zero-order valence-corrected chi connectivity index (χ0v) is 11.1. The predicted molar refractivity (Wildman–Crippen MR) is 70.5 cm³/mol. The van der Waals surface area contributed by atoms with Gasteiger partial charge in [0.05, 0.1) is 6.10 Å². The molecule has 5 nitrogen and oxygen atoms in total.